The second-order valence-electron chi connectivity index (χ2n) is 3.66. The molecule has 0 saturated carbocycles. The normalized spacial score (nSPS) is 10.1. The van der Waals surface area contributed by atoms with E-state index in [0.29, 0.717) is 5.82 Å². The van der Waals surface area contributed by atoms with Gasteiger partial charge in [0.15, 0.2) is 0 Å². The fourth-order valence-corrected chi connectivity index (χ4v) is 1.48. The van der Waals surface area contributed by atoms with Crippen LogP contribution in [0.5, 0.6) is 0 Å². The Morgan fingerprint density at radius 1 is 1.44 bits per heavy atom. The predicted molar refractivity (Wildman–Crippen MR) is 64.4 cm³/mol. The molecule has 0 unspecified atom stereocenters. The molecule has 2 rings (SSSR count). The highest BCUT2D eigenvalue weighted by Gasteiger charge is 2.19. The molecule has 0 aliphatic heterocycles. The molecule has 0 saturated heterocycles. The summed E-state index contributed by atoms with van der Waals surface area (Å²) >= 11 is 0. The molecule has 1 heterocycles. The molecule has 92 valence electrons. The van der Waals surface area contributed by atoms with Crippen molar-refractivity contribution in [2.75, 3.05) is 5.32 Å². The average molecular weight is 246 g/mol. The van der Waals surface area contributed by atoms with Crippen molar-refractivity contribution < 1.29 is 9.72 Å². The molecule has 2 N–H and O–H groups in total. The lowest BCUT2D eigenvalue weighted by molar-refractivity contribution is -0.385. The lowest BCUT2D eigenvalue weighted by Crippen LogP contribution is -2.14. The molecule has 0 radical (unpaired) electrons. The van der Waals surface area contributed by atoms with Gasteiger partial charge >= 0.3 is 0 Å². The summed E-state index contributed by atoms with van der Waals surface area (Å²) in [5.74, 6) is -0.118. The number of nitrogens with zero attached hydrogens (tertiary/aromatic N) is 2. The Bertz CT molecular complexity index is 606. The number of nitrogens with one attached hydrogen (secondary N) is 2. The van der Waals surface area contributed by atoms with Gasteiger partial charge in [-0.15, -0.1) is 0 Å². The van der Waals surface area contributed by atoms with Crippen LogP contribution in [0.15, 0.2) is 30.5 Å². The van der Waals surface area contributed by atoms with E-state index in [1.54, 1.807) is 19.2 Å². The first kappa shape index (κ1) is 11.8. The van der Waals surface area contributed by atoms with Crippen LogP contribution in [0, 0.1) is 17.0 Å². The fourth-order valence-electron chi connectivity index (χ4n) is 1.48. The van der Waals surface area contributed by atoms with Crippen LogP contribution in [0.25, 0.3) is 0 Å². The second-order valence-corrected chi connectivity index (χ2v) is 3.66. The van der Waals surface area contributed by atoms with Crippen molar-refractivity contribution in [3.8, 4) is 0 Å². The SMILES string of the molecule is Cc1cn[nH]c1NC(=O)c1ccccc1[N+](=O)[O-]. The lowest BCUT2D eigenvalue weighted by atomic mass is 10.1. The third kappa shape index (κ3) is 2.19. The summed E-state index contributed by atoms with van der Waals surface area (Å²) in [4.78, 5) is 22.1. The minimum Gasteiger partial charge on any atom is -0.307 e. The molecule has 7 nitrogen and oxygen atoms in total. The maximum atomic E-state index is 11.9. The summed E-state index contributed by atoms with van der Waals surface area (Å²) in [5.41, 5.74) is 0.533. The van der Waals surface area contributed by atoms with Gasteiger partial charge in [0, 0.05) is 11.6 Å². The Hall–Kier alpha value is -2.70. The van der Waals surface area contributed by atoms with Crippen molar-refractivity contribution in [1.29, 1.82) is 0 Å². The van der Waals surface area contributed by atoms with Gasteiger partial charge in [-0.25, -0.2) is 0 Å². The van der Waals surface area contributed by atoms with E-state index in [0.717, 1.165) is 5.56 Å². The number of nitro benzene ring substituents is 1. The van der Waals surface area contributed by atoms with E-state index in [9.17, 15) is 14.9 Å². The van der Waals surface area contributed by atoms with Crippen LogP contribution >= 0.6 is 0 Å². The zero-order valence-electron chi connectivity index (χ0n) is 9.51. The number of carbonyl (C=O) groups is 1. The van der Waals surface area contributed by atoms with Crippen molar-refractivity contribution in [2.24, 2.45) is 0 Å². The van der Waals surface area contributed by atoms with Crippen molar-refractivity contribution in [2.45, 2.75) is 6.92 Å². The predicted octanol–water partition coefficient (Wildman–Crippen LogP) is 1.88. The van der Waals surface area contributed by atoms with E-state index in [1.165, 1.54) is 18.2 Å². The number of amides is 1. The molecule has 1 aromatic carbocycles. The quantitative estimate of drug-likeness (QED) is 0.637. The maximum Gasteiger partial charge on any atom is 0.282 e. The summed E-state index contributed by atoms with van der Waals surface area (Å²) in [6.45, 7) is 1.76. The van der Waals surface area contributed by atoms with Crippen LogP contribution in [-0.4, -0.2) is 21.0 Å². The average Bonchev–Trinajstić information content (AvgIpc) is 2.75. The molecule has 7 heteroatoms. The van der Waals surface area contributed by atoms with E-state index in [-0.39, 0.29) is 11.3 Å². The molecule has 18 heavy (non-hydrogen) atoms. The molecular formula is C11H10N4O3. The molecule has 0 fully saturated rings. The van der Waals surface area contributed by atoms with Crippen LogP contribution in [-0.2, 0) is 0 Å². The topological polar surface area (TPSA) is 101 Å². The second kappa shape index (κ2) is 4.66. The largest absolute Gasteiger partial charge is 0.307 e. The summed E-state index contributed by atoms with van der Waals surface area (Å²) < 4.78 is 0. The molecule has 0 aliphatic rings. The number of hydrogen-bond acceptors (Lipinski definition) is 4. The van der Waals surface area contributed by atoms with E-state index < -0.39 is 10.8 Å². The fraction of sp³-hybridized carbons (Fsp3) is 0.0909. The van der Waals surface area contributed by atoms with E-state index in [4.69, 9.17) is 0 Å². The van der Waals surface area contributed by atoms with Crippen molar-refractivity contribution in [3.05, 3.63) is 51.7 Å². The molecule has 0 aliphatic carbocycles. The number of nitro groups is 1. The van der Waals surface area contributed by atoms with Crippen LogP contribution in [0.2, 0.25) is 0 Å². The van der Waals surface area contributed by atoms with Gasteiger partial charge in [-0.1, -0.05) is 12.1 Å². The number of aryl methyl sites for hydroxylation is 1. The first-order chi connectivity index (χ1) is 8.59. The Labute approximate surface area is 102 Å². The Balaban J connectivity index is 2.30. The standard InChI is InChI=1S/C11H10N4O3/c1-7-6-12-14-10(7)13-11(16)8-4-2-3-5-9(8)15(17)18/h2-6H,1H3,(H2,12,13,14,16). The van der Waals surface area contributed by atoms with Crippen LogP contribution in [0.3, 0.4) is 0 Å². The van der Waals surface area contributed by atoms with Crippen molar-refractivity contribution >= 4 is 17.4 Å². The van der Waals surface area contributed by atoms with Crippen molar-refractivity contribution in [1.82, 2.24) is 10.2 Å². The summed E-state index contributed by atoms with van der Waals surface area (Å²) in [5, 5.41) is 19.7. The van der Waals surface area contributed by atoms with Gasteiger partial charge in [-0.2, -0.15) is 5.10 Å². The summed E-state index contributed by atoms with van der Waals surface area (Å²) in [6, 6.07) is 5.77. The molecule has 2 aromatic rings. The minimum atomic E-state index is -0.589. The van der Waals surface area contributed by atoms with Gasteiger partial charge in [-0.3, -0.25) is 20.0 Å². The van der Waals surface area contributed by atoms with Gasteiger partial charge < -0.3 is 5.32 Å². The van der Waals surface area contributed by atoms with Gasteiger partial charge in [-0.05, 0) is 13.0 Å². The van der Waals surface area contributed by atoms with Crippen LogP contribution < -0.4 is 5.32 Å². The van der Waals surface area contributed by atoms with Gasteiger partial charge in [0.1, 0.15) is 11.4 Å². The molecular weight excluding hydrogens is 236 g/mol. The molecule has 1 aromatic heterocycles. The van der Waals surface area contributed by atoms with Crippen LogP contribution in [0.4, 0.5) is 11.5 Å². The third-order valence-electron chi connectivity index (χ3n) is 2.41. The number of anilines is 1. The van der Waals surface area contributed by atoms with Gasteiger partial charge in [0.2, 0.25) is 0 Å². The number of aromatic nitrogens is 2. The summed E-state index contributed by atoms with van der Waals surface area (Å²) in [7, 11) is 0. The minimum absolute atomic E-state index is 0.0106. The number of benzene rings is 1. The summed E-state index contributed by atoms with van der Waals surface area (Å²) in [6.07, 6.45) is 1.55. The number of carbonyl (C=O) groups excluding carboxylic acids is 1. The van der Waals surface area contributed by atoms with E-state index in [1.807, 2.05) is 0 Å². The lowest BCUT2D eigenvalue weighted by Gasteiger charge is -2.04. The molecule has 1 amide bonds. The smallest absolute Gasteiger partial charge is 0.282 e. The first-order valence-corrected chi connectivity index (χ1v) is 5.14. The monoisotopic (exact) mass is 246 g/mol. The number of rotatable bonds is 3. The van der Waals surface area contributed by atoms with E-state index in [2.05, 4.69) is 15.5 Å². The molecule has 0 bridgehead atoms. The van der Waals surface area contributed by atoms with Crippen LogP contribution in [0.1, 0.15) is 15.9 Å². The first-order valence-electron chi connectivity index (χ1n) is 5.14. The van der Waals surface area contributed by atoms with Crippen molar-refractivity contribution in [3.63, 3.8) is 0 Å². The molecule has 0 atom stereocenters. The third-order valence-corrected chi connectivity index (χ3v) is 2.41. The Morgan fingerprint density at radius 2 is 2.17 bits per heavy atom. The number of hydrogen-bond donors (Lipinski definition) is 2. The van der Waals surface area contributed by atoms with Gasteiger partial charge in [0.25, 0.3) is 11.6 Å². The maximum absolute atomic E-state index is 11.9. The number of para-hydroxylation sites is 1. The Morgan fingerprint density at radius 3 is 2.78 bits per heavy atom. The van der Waals surface area contributed by atoms with E-state index >= 15 is 0 Å². The number of aromatic amines is 1. The zero-order chi connectivity index (χ0) is 13.1. The highest BCUT2D eigenvalue weighted by molar-refractivity contribution is 6.06. The zero-order valence-corrected chi connectivity index (χ0v) is 9.51. The Kier molecular flexibility index (Phi) is 3.05. The highest BCUT2D eigenvalue weighted by atomic mass is 16.6. The highest BCUT2D eigenvalue weighted by Crippen LogP contribution is 2.19. The molecule has 0 spiro atoms. The number of H-pyrrole nitrogens is 1. The van der Waals surface area contributed by atoms with Gasteiger partial charge in [0.05, 0.1) is 11.1 Å².